The van der Waals surface area contributed by atoms with Crippen LogP contribution in [0.4, 0.5) is 24.5 Å². The van der Waals surface area contributed by atoms with Gasteiger partial charge in [-0.2, -0.15) is 13.2 Å². The van der Waals surface area contributed by atoms with Crippen LogP contribution in [0.2, 0.25) is 10.0 Å². The molecular formula is C16H13Cl2F3N2O3S. The van der Waals surface area contributed by atoms with Gasteiger partial charge in [-0.15, -0.1) is 0 Å². The largest absolute Gasteiger partial charge is 0.416 e. The van der Waals surface area contributed by atoms with Gasteiger partial charge in [-0.05, 0) is 42.5 Å². The Balaban J connectivity index is 2.25. The first-order valence-corrected chi connectivity index (χ1v) is 9.88. The summed E-state index contributed by atoms with van der Waals surface area (Å²) in [4.78, 5) is 12.2. The second kappa shape index (κ2) is 7.95. The van der Waals surface area contributed by atoms with Crippen LogP contribution in [-0.4, -0.2) is 27.1 Å². The first-order valence-electron chi connectivity index (χ1n) is 7.28. The highest BCUT2D eigenvalue weighted by Gasteiger charge is 2.31. The van der Waals surface area contributed by atoms with Gasteiger partial charge >= 0.3 is 6.18 Å². The summed E-state index contributed by atoms with van der Waals surface area (Å²) in [6, 6.07) is 7.75. The molecule has 0 aliphatic heterocycles. The molecule has 146 valence electrons. The fraction of sp³-hybridized carbons (Fsp3) is 0.188. The lowest BCUT2D eigenvalue weighted by Gasteiger charge is -2.22. The summed E-state index contributed by atoms with van der Waals surface area (Å²) in [7, 11) is -3.94. The Morgan fingerprint density at radius 1 is 1.11 bits per heavy atom. The van der Waals surface area contributed by atoms with Crippen molar-refractivity contribution in [3.05, 3.63) is 58.1 Å². The molecule has 5 nitrogen and oxygen atoms in total. The number of anilines is 2. The SMILES string of the molecule is CS(=O)(=O)N(CC(=O)Nc1cc(Cl)ccc1Cl)c1ccc(C(F)(F)F)cc1. The van der Waals surface area contributed by atoms with Crippen molar-refractivity contribution in [2.75, 3.05) is 22.4 Å². The molecule has 2 aromatic carbocycles. The van der Waals surface area contributed by atoms with Crippen LogP contribution in [0.15, 0.2) is 42.5 Å². The highest BCUT2D eigenvalue weighted by Crippen LogP contribution is 2.31. The van der Waals surface area contributed by atoms with E-state index < -0.39 is 34.2 Å². The number of nitrogens with one attached hydrogen (secondary N) is 1. The third-order valence-electron chi connectivity index (χ3n) is 3.37. The van der Waals surface area contributed by atoms with Crippen molar-refractivity contribution >= 4 is 50.5 Å². The number of sulfonamides is 1. The first kappa shape index (κ1) is 21.3. The van der Waals surface area contributed by atoms with Crippen molar-refractivity contribution in [2.24, 2.45) is 0 Å². The molecule has 2 aromatic rings. The van der Waals surface area contributed by atoms with E-state index in [0.717, 1.165) is 30.5 Å². The van der Waals surface area contributed by atoms with Gasteiger partial charge in [-0.1, -0.05) is 23.2 Å². The average Bonchev–Trinajstić information content (AvgIpc) is 2.54. The molecule has 0 aliphatic carbocycles. The number of rotatable bonds is 5. The molecule has 0 aromatic heterocycles. The van der Waals surface area contributed by atoms with E-state index in [2.05, 4.69) is 5.32 Å². The Labute approximate surface area is 163 Å². The van der Waals surface area contributed by atoms with E-state index in [1.165, 1.54) is 18.2 Å². The van der Waals surface area contributed by atoms with Crippen molar-refractivity contribution in [1.29, 1.82) is 0 Å². The molecule has 0 radical (unpaired) electrons. The van der Waals surface area contributed by atoms with Crippen LogP contribution in [0.25, 0.3) is 0 Å². The number of benzene rings is 2. The highest BCUT2D eigenvalue weighted by molar-refractivity contribution is 7.92. The first-order chi connectivity index (χ1) is 12.4. The van der Waals surface area contributed by atoms with Crippen LogP contribution < -0.4 is 9.62 Å². The summed E-state index contributed by atoms with van der Waals surface area (Å²) in [5.74, 6) is -0.746. The zero-order chi connectivity index (χ0) is 20.4. The van der Waals surface area contributed by atoms with Crippen LogP contribution in [-0.2, 0) is 21.0 Å². The lowest BCUT2D eigenvalue weighted by molar-refractivity contribution is -0.137. The topological polar surface area (TPSA) is 66.5 Å². The Bertz CT molecular complexity index is 948. The fourth-order valence-electron chi connectivity index (χ4n) is 2.13. The molecule has 0 saturated carbocycles. The number of carbonyl (C=O) groups excluding carboxylic acids is 1. The minimum Gasteiger partial charge on any atom is -0.323 e. The number of amides is 1. The highest BCUT2D eigenvalue weighted by atomic mass is 35.5. The van der Waals surface area contributed by atoms with E-state index in [-0.39, 0.29) is 16.4 Å². The second-order valence-electron chi connectivity index (χ2n) is 5.49. The summed E-state index contributed by atoms with van der Waals surface area (Å²) in [6.45, 7) is -0.660. The molecule has 0 aliphatic rings. The van der Waals surface area contributed by atoms with E-state index in [0.29, 0.717) is 9.33 Å². The Kier molecular flexibility index (Phi) is 6.28. The number of nitrogens with zero attached hydrogens (tertiary/aromatic N) is 1. The van der Waals surface area contributed by atoms with E-state index in [9.17, 15) is 26.4 Å². The molecule has 0 spiro atoms. The van der Waals surface area contributed by atoms with Crippen LogP contribution in [0.3, 0.4) is 0 Å². The molecule has 0 saturated heterocycles. The third-order valence-corrected chi connectivity index (χ3v) is 5.08. The lowest BCUT2D eigenvalue weighted by atomic mass is 10.2. The maximum atomic E-state index is 12.7. The standard InChI is InChI=1S/C16H13Cl2F3N2O3S/c1-27(25,26)23(12-5-2-10(3-6-12)16(19,20)21)9-15(24)22-14-8-11(17)4-7-13(14)18/h2-8H,9H2,1H3,(H,22,24). The molecule has 2 rings (SSSR count). The number of hydrogen-bond donors (Lipinski definition) is 1. The van der Waals surface area contributed by atoms with Crippen molar-refractivity contribution in [3.63, 3.8) is 0 Å². The summed E-state index contributed by atoms with van der Waals surface area (Å²) in [6.07, 6.45) is -3.72. The number of halogens is 5. The van der Waals surface area contributed by atoms with Gasteiger partial charge in [0.2, 0.25) is 15.9 Å². The van der Waals surface area contributed by atoms with Crippen LogP contribution in [0, 0.1) is 0 Å². The van der Waals surface area contributed by atoms with Crippen molar-refractivity contribution in [1.82, 2.24) is 0 Å². The van der Waals surface area contributed by atoms with Crippen LogP contribution in [0.5, 0.6) is 0 Å². The van der Waals surface area contributed by atoms with Gasteiger partial charge in [0.15, 0.2) is 0 Å². The third kappa shape index (κ3) is 5.75. The summed E-state index contributed by atoms with van der Waals surface area (Å²) in [5.41, 5.74) is -0.845. The zero-order valence-electron chi connectivity index (χ0n) is 13.7. The molecular weight excluding hydrogens is 428 g/mol. The maximum Gasteiger partial charge on any atom is 0.416 e. The summed E-state index contributed by atoms with van der Waals surface area (Å²) >= 11 is 11.8. The minimum absolute atomic E-state index is 0.0853. The Hall–Kier alpha value is -1.97. The van der Waals surface area contributed by atoms with E-state index >= 15 is 0 Å². The normalized spacial score (nSPS) is 11.9. The molecule has 1 amide bonds. The maximum absolute atomic E-state index is 12.7. The molecule has 0 unspecified atom stereocenters. The summed E-state index contributed by atoms with van der Waals surface area (Å²) in [5, 5.41) is 2.91. The van der Waals surface area contributed by atoms with Crippen molar-refractivity contribution < 1.29 is 26.4 Å². The van der Waals surface area contributed by atoms with Crippen molar-refractivity contribution in [2.45, 2.75) is 6.18 Å². The van der Waals surface area contributed by atoms with E-state index in [4.69, 9.17) is 23.2 Å². The van der Waals surface area contributed by atoms with E-state index in [1.807, 2.05) is 0 Å². The monoisotopic (exact) mass is 440 g/mol. The van der Waals surface area contributed by atoms with Crippen molar-refractivity contribution in [3.8, 4) is 0 Å². The Morgan fingerprint density at radius 2 is 1.70 bits per heavy atom. The number of hydrogen-bond acceptors (Lipinski definition) is 3. The van der Waals surface area contributed by atoms with Gasteiger partial charge in [-0.3, -0.25) is 9.10 Å². The molecule has 0 heterocycles. The van der Waals surface area contributed by atoms with Crippen LogP contribution in [0.1, 0.15) is 5.56 Å². The smallest absolute Gasteiger partial charge is 0.323 e. The number of alkyl halides is 3. The molecule has 0 fully saturated rings. The van der Waals surface area contributed by atoms with Crippen LogP contribution >= 0.6 is 23.2 Å². The van der Waals surface area contributed by atoms with Gasteiger partial charge in [0.1, 0.15) is 6.54 Å². The lowest BCUT2D eigenvalue weighted by Crippen LogP contribution is -2.37. The number of carbonyl (C=O) groups is 1. The predicted molar refractivity (Wildman–Crippen MR) is 98.7 cm³/mol. The zero-order valence-corrected chi connectivity index (χ0v) is 16.0. The second-order valence-corrected chi connectivity index (χ2v) is 8.24. The van der Waals surface area contributed by atoms with Gasteiger partial charge in [0.25, 0.3) is 0 Å². The Morgan fingerprint density at radius 3 is 2.22 bits per heavy atom. The fourth-order valence-corrected chi connectivity index (χ4v) is 3.32. The molecule has 0 bridgehead atoms. The molecule has 0 atom stereocenters. The van der Waals surface area contributed by atoms with Gasteiger partial charge in [0.05, 0.1) is 28.2 Å². The minimum atomic E-state index is -4.56. The van der Waals surface area contributed by atoms with E-state index in [1.54, 1.807) is 0 Å². The quantitative estimate of drug-likeness (QED) is 0.748. The average molecular weight is 441 g/mol. The van der Waals surface area contributed by atoms with Gasteiger partial charge in [-0.25, -0.2) is 8.42 Å². The summed E-state index contributed by atoms with van der Waals surface area (Å²) < 4.78 is 62.7. The molecule has 11 heteroatoms. The van der Waals surface area contributed by atoms with Gasteiger partial charge < -0.3 is 5.32 Å². The molecule has 27 heavy (non-hydrogen) atoms. The predicted octanol–water partition coefficient (Wildman–Crippen LogP) is 4.42. The molecule has 1 N–H and O–H groups in total. The van der Waals surface area contributed by atoms with Gasteiger partial charge in [0, 0.05) is 5.02 Å².